The largest absolute Gasteiger partial charge is 0.497 e. The van der Waals surface area contributed by atoms with Gasteiger partial charge in [0.15, 0.2) is 0 Å². The maximum atomic E-state index is 12.2. The number of methoxy groups -OCH3 is 1. The number of fused-ring (bicyclic) bond motifs is 1. The fraction of sp³-hybridized carbons (Fsp3) is 0.600. The lowest BCUT2D eigenvalue weighted by molar-refractivity contribution is 0.415. The van der Waals surface area contributed by atoms with E-state index < -0.39 is 0 Å². The molecule has 0 amide bonds. The first-order valence-corrected chi connectivity index (χ1v) is 9.28. The molecule has 24 heavy (non-hydrogen) atoms. The summed E-state index contributed by atoms with van der Waals surface area (Å²) in [6, 6.07) is 5.59. The van der Waals surface area contributed by atoms with E-state index in [9.17, 15) is 4.79 Å². The van der Waals surface area contributed by atoms with Crippen molar-refractivity contribution >= 4 is 11.0 Å². The number of rotatable bonds is 9. The summed E-state index contributed by atoms with van der Waals surface area (Å²) in [4.78, 5) is 19.6. The summed E-state index contributed by atoms with van der Waals surface area (Å²) in [6.45, 7) is 2.28. The number of unbranched alkanes of at least 4 members (excludes halogenated alkanes) is 2. The molecule has 0 bridgehead atoms. The van der Waals surface area contributed by atoms with Crippen LogP contribution >= 0.6 is 0 Å². The quantitative estimate of drug-likeness (QED) is 0.691. The number of aromatic amines is 1. The third-order valence-electron chi connectivity index (χ3n) is 5.19. The second kappa shape index (κ2) is 7.82. The first kappa shape index (κ1) is 17.0. The maximum absolute atomic E-state index is 12.2. The van der Waals surface area contributed by atoms with Crippen LogP contribution in [0.4, 0.5) is 0 Å². The highest BCUT2D eigenvalue weighted by Gasteiger charge is 2.34. The Bertz CT molecular complexity index is 738. The molecule has 0 saturated heterocycles. The maximum Gasteiger partial charge on any atom is 0.270 e. The van der Waals surface area contributed by atoms with Gasteiger partial charge in [0.25, 0.3) is 5.56 Å². The van der Waals surface area contributed by atoms with Gasteiger partial charge in [0.05, 0.1) is 18.1 Å². The van der Waals surface area contributed by atoms with Crippen molar-refractivity contribution in [2.45, 2.75) is 58.3 Å². The van der Waals surface area contributed by atoms with Crippen molar-refractivity contribution in [2.24, 2.45) is 11.8 Å². The van der Waals surface area contributed by atoms with Crippen LogP contribution in [0.15, 0.2) is 23.0 Å². The van der Waals surface area contributed by atoms with Gasteiger partial charge in [-0.05, 0) is 43.2 Å². The summed E-state index contributed by atoms with van der Waals surface area (Å²) < 4.78 is 5.18. The zero-order valence-corrected chi connectivity index (χ0v) is 14.8. The number of nitrogens with zero attached hydrogens (tertiary/aromatic N) is 1. The van der Waals surface area contributed by atoms with Crippen molar-refractivity contribution < 1.29 is 4.74 Å². The number of H-pyrrole nitrogens is 1. The van der Waals surface area contributed by atoms with Crippen LogP contribution in [-0.4, -0.2) is 17.1 Å². The van der Waals surface area contributed by atoms with Gasteiger partial charge >= 0.3 is 0 Å². The summed E-state index contributed by atoms with van der Waals surface area (Å²) in [6.07, 6.45) is 9.83. The van der Waals surface area contributed by atoms with E-state index in [1.807, 2.05) is 18.2 Å². The highest BCUT2D eigenvalue weighted by molar-refractivity contribution is 5.75. The number of hydrogen-bond acceptors (Lipinski definition) is 3. The fourth-order valence-corrected chi connectivity index (χ4v) is 3.66. The molecule has 1 fully saturated rings. The van der Waals surface area contributed by atoms with E-state index in [1.54, 1.807) is 7.11 Å². The second-order valence-electron chi connectivity index (χ2n) is 7.04. The molecule has 130 valence electrons. The zero-order valence-electron chi connectivity index (χ0n) is 14.8. The minimum Gasteiger partial charge on any atom is -0.497 e. The summed E-state index contributed by atoms with van der Waals surface area (Å²) in [5.41, 5.74) is 2.15. The first-order chi connectivity index (χ1) is 11.7. The van der Waals surface area contributed by atoms with E-state index in [0.29, 0.717) is 5.69 Å². The van der Waals surface area contributed by atoms with E-state index in [4.69, 9.17) is 4.74 Å². The van der Waals surface area contributed by atoms with Gasteiger partial charge in [0, 0.05) is 6.07 Å². The van der Waals surface area contributed by atoms with Crippen LogP contribution in [0.2, 0.25) is 0 Å². The molecule has 2 atom stereocenters. The molecule has 4 heteroatoms. The molecule has 1 heterocycles. The van der Waals surface area contributed by atoms with Crippen LogP contribution in [0.1, 0.15) is 57.6 Å². The lowest BCUT2D eigenvalue weighted by Crippen LogP contribution is -2.15. The van der Waals surface area contributed by atoms with Gasteiger partial charge in [-0.15, -0.1) is 0 Å². The van der Waals surface area contributed by atoms with Gasteiger partial charge in [0.1, 0.15) is 11.4 Å². The highest BCUT2D eigenvalue weighted by Crippen LogP contribution is 2.45. The third-order valence-corrected chi connectivity index (χ3v) is 5.19. The Hall–Kier alpha value is -1.84. The van der Waals surface area contributed by atoms with Gasteiger partial charge < -0.3 is 9.72 Å². The van der Waals surface area contributed by atoms with E-state index in [2.05, 4.69) is 16.9 Å². The molecular formula is C20H28N2O2. The number of hydrogen-bond donors (Lipinski definition) is 1. The van der Waals surface area contributed by atoms with E-state index in [0.717, 1.165) is 41.5 Å². The summed E-state index contributed by atoms with van der Waals surface area (Å²) in [5, 5.41) is 0. The molecule has 1 aromatic carbocycles. The Morgan fingerprint density at radius 1 is 1.21 bits per heavy atom. The molecule has 1 aliphatic rings. The molecule has 1 N–H and O–H groups in total. The number of benzene rings is 1. The standard InChI is InChI=1S/C20H28N2O2/c1-3-7-14-12-15(14)8-5-4-6-9-18-20(23)22-19-13-16(24-2)10-11-17(19)21-18/h10-11,13-15H,3-9,12H2,1-2H3,(H,22,23)/t14-,15+/m0/s1. The van der Waals surface area contributed by atoms with Crippen molar-refractivity contribution in [3.8, 4) is 5.75 Å². The number of aryl methyl sites for hydroxylation is 1. The number of nitrogens with one attached hydrogen (secondary N) is 1. The SMILES string of the molecule is CCC[C@H]1C[C@H]1CCCCCc1nc2ccc(OC)cc2[nH]c1=O. The fourth-order valence-electron chi connectivity index (χ4n) is 3.66. The summed E-state index contributed by atoms with van der Waals surface area (Å²) >= 11 is 0. The zero-order chi connectivity index (χ0) is 16.9. The molecule has 0 radical (unpaired) electrons. The molecular weight excluding hydrogens is 300 g/mol. The van der Waals surface area contributed by atoms with Crippen LogP contribution in [0.25, 0.3) is 11.0 Å². The molecule has 1 aromatic heterocycles. The van der Waals surface area contributed by atoms with E-state index in [1.165, 1.54) is 38.5 Å². The van der Waals surface area contributed by atoms with Crippen molar-refractivity contribution in [1.82, 2.24) is 9.97 Å². The monoisotopic (exact) mass is 328 g/mol. The topological polar surface area (TPSA) is 55.0 Å². The molecule has 0 aliphatic heterocycles. The van der Waals surface area contributed by atoms with Crippen LogP contribution in [-0.2, 0) is 6.42 Å². The second-order valence-corrected chi connectivity index (χ2v) is 7.04. The minimum atomic E-state index is -0.0686. The third kappa shape index (κ3) is 4.16. The lowest BCUT2D eigenvalue weighted by atomic mass is 10.1. The Morgan fingerprint density at radius 3 is 2.83 bits per heavy atom. The lowest BCUT2D eigenvalue weighted by Gasteiger charge is -2.05. The number of aromatic nitrogens is 2. The predicted molar refractivity (Wildman–Crippen MR) is 97.6 cm³/mol. The van der Waals surface area contributed by atoms with Crippen LogP contribution < -0.4 is 10.3 Å². The smallest absolute Gasteiger partial charge is 0.270 e. The van der Waals surface area contributed by atoms with Crippen molar-refractivity contribution in [3.05, 3.63) is 34.2 Å². The van der Waals surface area contributed by atoms with Crippen LogP contribution in [0, 0.1) is 11.8 Å². The van der Waals surface area contributed by atoms with Crippen molar-refractivity contribution in [3.63, 3.8) is 0 Å². The van der Waals surface area contributed by atoms with Crippen molar-refractivity contribution in [1.29, 1.82) is 0 Å². The average Bonchev–Trinajstić information content (AvgIpc) is 3.32. The van der Waals surface area contributed by atoms with E-state index in [-0.39, 0.29) is 5.56 Å². The summed E-state index contributed by atoms with van der Waals surface area (Å²) in [7, 11) is 1.62. The van der Waals surface area contributed by atoms with Gasteiger partial charge in [-0.25, -0.2) is 4.98 Å². The van der Waals surface area contributed by atoms with Crippen LogP contribution in [0.3, 0.4) is 0 Å². The number of ether oxygens (including phenoxy) is 1. The Labute approximate surface area is 143 Å². The van der Waals surface area contributed by atoms with Gasteiger partial charge in [-0.2, -0.15) is 0 Å². The van der Waals surface area contributed by atoms with E-state index >= 15 is 0 Å². The van der Waals surface area contributed by atoms with Gasteiger partial charge in [-0.1, -0.05) is 39.0 Å². The Kier molecular flexibility index (Phi) is 5.54. The average molecular weight is 328 g/mol. The normalized spacial score (nSPS) is 19.6. The van der Waals surface area contributed by atoms with Crippen LogP contribution in [0.5, 0.6) is 5.75 Å². The first-order valence-electron chi connectivity index (χ1n) is 9.28. The van der Waals surface area contributed by atoms with Crippen molar-refractivity contribution in [2.75, 3.05) is 7.11 Å². The van der Waals surface area contributed by atoms with Gasteiger partial charge in [0.2, 0.25) is 0 Å². The van der Waals surface area contributed by atoms with Gasteiger partial charge in [-0.3, -0.25) is 4.79 Å². The molecule has 0 spiro atoms. The highest BCUT2D eigenvalue weighted by atomic mass is 16.5. The Balaban J connectivity index is 1.48. The molecule has 4 nitrogen and oxygen atoms in total. The molecule has 1 saturated carbocycles. The molecule has 0 unspecified atom stereocenters. The molecule has 2 aromatic rings. The minimum absolute atomic E-state index is 0.0686. The Morgan fingerprint density at radius 2 is 2.04 bits per heavy atom. The predicted octanol–water partition coefficient (Wildman–Crippen LogP) is 4.47. The summed E-state index contributed by atoms with van der Waals surface area (Å²) in [5.74, 6) is 2.73. The molecule has 1 aliphatic carbocycles. The molecule has 3 rings (SSSR count).